The summed E-state index contributed by atoms with van der Waals surface area (Å²) in [6.45, 7) is 11.9. The fourth-order valence-electron chi connectivity index (χ4n) is 3.70. The highest BCUT2D eigenvalue weighted by Gasteiger charge is 2.27. The highest BCUT2D eigenvalue weighted by atomic mass is 16.5. The average molecular weight is 340 g/mol. The van der Waals surface area contributed by atoms with Gasteiger partial charge in [0.15, 0.2) is 0 Å². The van der Waals surface area contributed by atoms with Crippen LogP contribution in [0.2, 0.25) is 0 Å². The fraction of sp³-hybridized carbons (Fsp3) is 0.882. The van der Waals surface area contributed by atoms with Gasteiger partial charge in [-0.3, -0.25) is 19.9 Å². The van der Waals surface area contributed by atoms with Gasteiger partial charge in [-0.2, -0.15) is 0 Å². The number of imide groups is 1. The van der Waals surface area contributed by atoms with Crippen molar-refractivity contribution in [1.29, 1.82) is 0 Å². The molecule has 0 aromatic carbocycles. The van der Waals surface area contributed by atoms with E-state index in [0.29, 0.717) is 31.2 Å². The lowest BCUT2D eigenvalue weighted by Gasteiger charge is -2.39. The van der Waals surface area contributed by atoms with Crippen molar-refractivity contribution in [3.05, 3.63) is 0 Å². The molecule has 24 heavy (non-hydrogen) atoms. The Morgan fingerprint density at radius 2 is 1.71 bits per heavy atom. The van der Waals surface area contributed by atoms with Gasteiger partial charge in [0.05, 0.1) is 18.8 Å². The summed E-state index contributed by atoms with van der Waals surface area (Å²) in [7, 11) is 0. The van der Waals surface area contributed by atoms with Crippen LogP contribution in [0.15, 0.2) is 0 Å². The van der Waals surface area contributed by atoms with Crippen LogP contribution in [-0.4, -0.2) is 79.8 Å². The van der Waals surface area contributed by atoms with Gasteiger partial charge in [-0.15, -0.1) is 0 Å². The fourth-order valence-corrected chi connectivity index (χ4v) is 3.70. The zero-order chi connectivity index (χ0) is 17.5. The minimum atomic E-state index is -0.409. The van der Waals surface area contributed by atoms with Crippen molar-refractivity contribution in [2.24, 2.45) is 5.92 Å². The molecule has 0 aromatic rings. The third kappa shape index (κ3) is 6.37. The summed E-state index contributed by atoms with van der Waals surface area (Å²) in [5.41, 5.74) is 0. The van der Waals surface area contributed by atoms with E-state index in [0.717, 1.165) is 45.6 Å². The molecule has 0 spiro atoms. The zero-order valence-electron chi connectivity index (χ0n) is 15.2. The Kier molecular flexibility index (Phi) is 7.45. The molecule has 2 saturated heterocycles. The van der Waals surface area contributed by atoms with E-state index in [1.807, 2.05) is 6.92 Å². The third-order valence-corrected chi connectivity index (χ3v) is 4.68. The molecule has 2 aliphatic rings. The lowest BCUT2D eigenvalue weighted by atomic mass is 9.95. The number of hydrogen-bond donors (Lipinski definition) is 2. The van der Waals surface area contributed by atoms with E-state index in [2.05, 4.69) is 34.3 Å². The number of amides is 3. The maximum Gasteiger partial charge on any atom is 0.321 e. The number of ether oxygens (including phenoxy) is 1. The number of rotatable bonds is 5. The molecule has 7 heteroatoms. The molecule has 2 N–H and O–H groups in total. The number of nitrogens with zero attached hydrogens (tertiary/aromatic N) is 2. The summed E-state index contributed by atoms with van der Waals surface area (Å²) < 4.78 is 5.79. The van der Waals surface area contributed by atoms with Gasteiger partial charge < -0.3 is 10.1 Å². The smallest absolute Gasteiger partial charge is 0.321 e. The van der Waals surface area contributed by atoms with Gasteiger partial charge in [-0.25, -0.2) is 4.79 Å². The van der Waals surface area contributed by atoms with E-state index in [-0.39, 0.29) is 5.91 Å². The molecule has 0 saturated carbocycles. The normalized spacial score (nSPS) is 27.0. The quantitative estimate of drug-likeness (QED) is 0.769. The standard InChI is InChI=1S/C17H32N4O3/c1-4-18-17(23)19-16(22)12-20-7-5-15(6-8-20)11-21-9-13(2)24-14(3)10-21/h13-15H,4-12H2,1-3H3,(H2,18,19,22,23)/t13-,14+. The molecule has 2 fully saturated rings. The van der Waals surface area contributed by atoms with Gasteiger partial charge in [0, 0.05) is 26.2 Å². The first-order valence-corrected chi connectivity index (χ1v) is 9.14. The zero-order valence-corrected chi connectivity index (χ0v) is 15.2. The van der Waals surface area contributed by atoms with Crippen LogP contribution in [0.4, 0.5) is 4.79 Å². The van der Waals surface area contributed by atoms with Crippen LogP contribution in [0, 0.1) is 5.92 Å². The van der Waals surface area contributed by atoms with Crippen molar-refractivity contribution >= 4 is 11.9 Å². The maximum absolute atomic E-state index is 11.8. The first-order chi connectivity index (χ1) is 11.5. The summed E-state index contributed by atoms with van der Waals surface area (Å²) in [5, 5.41) is 4.93. The Bertz CT molecular complexity index is 414. The molecule has 3 amide bonds. The van der Waals surface area contributed by atoms with Crippen LogP contribution in [0.1, 0.15) is 33.6 Å². The van der Waals surface area contributed by atoms with Crippen LogP contribution in [0.5, 0.6) is 0 Å². The largest absolute Gasteiger partial charge is 0.373 e. The maximum atomic E-state index is 11.8. The molecule has 2 aliphatic heterocycles. The number of carbonyl (C=O) groups excluding carboxylic acids is 2. The summed E-state index contributed by atoms with van der Waals surface area (Å²) in [5.74, 6) is 0.459. The van der Waals surface area contributed by atoms with Gasteiger partial charge in [0.1, 0.15) is 0 Å². The predicted molar refractivity (Wildman–Crippen MR) is 92.8 cm³/mol. The van der Waals surface area contributed by atoms with Gasteiger partial charge >= 0.3 is 6.03 Å². The summed E-state index contributed by atoms with van der Waals surface area (Å²) in [4.78, 5) is 27.8. The van der Waals surface area contributed by atoms with Crippen molar-refractivity contribution in [2.75, 3.05) is 45.8 Å². The number of likely N-dealkylation sites (tertiary alicyclic amines) is 1. The lowest BCUT2D eigenvalue weighted by Crippen LogP contribution is -2.49. The molecular formula is C17H32N4O3. The first-order valence-electron chi connectivity index (χ1n) is 9.14. The average Bonchev–Trinajstić information content (AvgIpc) is 2.48. The molecule has 2 atom stereocenters. The van der Waals surface area contributed by atoms with Crippen LogP contribution in [0.25, 0.3) is 0 Å². The van der Waals surface area contributed by atoms with Crippen LogP contribution < -0.4 is 10.6 Å². The molecule has 0 radical (unpaired) electrons. The van der Waals surface area contributed by atoms with E-state index >= 15 is 0 Å². The number of piperidine rings is 1. The number of nitrogens with one attached hydrogen (secondary N) is 2. The van der Waals surface area contributed by atoms with E-state index < -0.39 is 6.03 Å². The summed E-state index contributed by atoms with van der Waals surface area (Å²) >= 11 is 0. The van der Waals surface area contributed by atoms with Gasteiger partial charge in [-0.1, -0.05) is 0 Å². The molecule has 2 rings (SSSR count). The summed E-state index contributed by atoms with van der Waals surface area (Å²) in [6, 6.07) is -0.409. The Balaban J connectivity index is 1.66. The predicted octanol–water partition coefficient (Wildman–Crippen LogP) is 0.653. The van der Waals surface area contributed by atoms with E-state index in [1.165, 1.54) is 0 Å². The topological polar surface area (TPSA) is 73.9 Å². The van der Waals surface area contributed by atoms with Crippen molar-refractivity contribution in [1.82, 2.24) is 20.4 Å². The SMILES string of the molecule is CCNC(=O)NC(=O)CN1CCC(CN2C[C@@H](C)O[C@@H](C)C2)CC1. The number of hydrogen-bond acceptors (Lipinski definition) is 5. The highest BCUT2D eigenvalue weighted by molar-refractivity contribution is 5.95. The molecule has 0 bridgehead atoms. The third-order valence-electron chi connectivity index (χ3n) is 4.68. The first kappa shape index (κ1) is 19.1. The molecule has 7 nitrogen and oxygen atoms in total. The van der Waals surface area contributed by atoms with Crippen molar-refractivity contribution in [2.45, 2.75) is 45.8 Å². The molecule has 2 heterocycles. The van der Waals surface area contributed by atoms with E-state index in [9.17, 15) is 9.59 Å². The minimum absolute atomic E-state index is 0.227. The minimum Gasteiger partial charge on any atom is -0.373 e. The van der Waals surface area contributed by atoms with Crippen molar-refractivity contribution in [3.8, 4) is 0 Å². The Hall–Kier alpha value is -1.18. The van der Waals surface area contributed by atoms with Crippen molar-refractivity contribution in [3.63, 3.8) is 0 Å². The molecule has 0 aromatic heterocycles. The second kappa shape index (κ2) is 9.34. The Morgan fingerprint density at radius 1 is 1.08 bits per heavy atom. The Morgan fingerprint density at radius 3 is 2.29 bits per heavy atom. The van der Waals surface area contributed by atoms with Gasteiger partial charge in [-0.05, 0) is 52.6 Å². The van der Waals surface area contributed by atoms with Crippen LogP contribution >= 0.6 is 0 Å². The Labute approximate surface area is 145 Å². The van der Waals surface area contributed by atoms with E-state index in [1.54, 1.807) is 0 Å². The van der Waals surface area contributed by atoms with Crippen LogP contribution in [-0.2, 0) is 9.53 Å². The summed E-state index contributed by atoms with van der Waals surface area (Å²) in [6.07, 6.45) is 2.84. The highest BCUT2D eigenvalue weighted by Crippen LogP contribution is 2.20. The lowest BCUT2D eigenvalue weighted by molar-refractivity contribution is -0.121. The molecule has 138 valence electrons. The molecule has 0 unspecified atom stereocenters. The monoisotopic (exact) mass is 340 g/mol. The van der Waals surface area contributed by atoms with Crippen molar-refractivity contribution < 1.29 is 14.3 Å². The number of morpholine rings is 1. The van der Waals surface area contributed by atoms with E-state index in [4.69, 9.17) is 4.74 Å². The molecular weight excluding hydrogens is 308 g/mol. The van der Waals surface area contributed by atoms with Gasteiger partial charge in [0.2, 0.25) is 5.91 Å². The molecule has 0 aliphatic carbocycles. The second-order valence-electron chi connectivity index (χ2n) is 7.10. The number of carbonyl (C=O) groups is 2. The number of urea groups is 1. The van der Waals surface area contributed by atoms with Gasteiger partial charge in [0.25, 0.3) is 0 Å². The van der Waals surface area contributed by atoms with Crippen LogP contribution in [0.3, 0.4) is 0 Å². The second-order valence-corrected chi connectivity index (χ2v) is 7.10.